The molecule has 0 radical (unpaired) electrons. The summed E-state index contributed by atoms with van der Waals surface area (Å²) in [6, 6.07) is 15.7. The number of anilines is 1. The summed E-state index contributed by atoms with van der Waals surface area (Å²) in [7, 11) is -4.25. The third kappa shape index (κ3) is 7.80. The van der Waals surface area contributed by atoms with Crippen molar-refractivity contribution < 1.29 is 18.0 Å². The van der Waals surface area contributed by atoms with Crippen molar-refractivity contribution in [3.8, 4) is 0 Å². The molecule has 0 bridgehead atoms. The van der Waals surface area contributed by atoms with E-state index in [4.69, 9.17) is 46.4 Å². The first kappa shape index (κ1) is 31.0. The van der Waals surface area contributed by atoms with E-state index in [1.807, 2.05) is 0 Å². The first-order valence-corrected chi connectivity index (χ1v) is 14.8. The summed E-state index contributed by atoms with van der Waals surface area (Å²) in [5.74, 6) is -1.04. The lowest BCUT2D eigenvalue weighted by Crippen LogP contribution is -2.52. The summed E-state index contributed by atoms with van der Waals surface area (Å²) in [4.78, 5) is 28.1. The molecule has 0 unspecified atom stereocenters. The highest BCUT2D eigenvalue weighted by Crippen LogP contribution is 2.33. The molecule has 3 aromatic carbocycles. The summed E-state index contributed by atoms with van der Waals surface area (Å²) in [5, 5.41) is 3.74. The Kier molecular flexibility index (Phi) is 10.5. The molecule has 2 amide bonds. The van der Waals surface area contributed by atoms with Crippen LogP contribution in [0.15, 0.2) is 71.6 Å². The first-order valence-electron chi connectivity index (χ1n) is 11.9. The second kappa shape index (κ2) is 13.2. The normalized spacial score (nSPS) is 12.2. The van der Waals surface area contributed by atoms with Crippen LogP contribution in [0.5, 0.6) is 0 Å². The van der Waals surface area contributed by atoms with Crippen LogP contribution in [0, 0.1) is 0 Å². The standard InChI is InChI=1S/C27H27Cl4N3O4S/c1-17(2)32-27(36)18(3)33(15-19-9-11-22(29)23(30)13-19)26(35)16-34(25-12-10-20(28)14-24(25)31)39(37,38)21-7-5-4-6-8-21/h4-14,17-18H,15-16H2,1-3H3,(H,32,36)/t18-/m0/s1. The van der Waals surface area contributed by atoms with E-state index < -0.39 is 34.4 Å². The van der Waals surface area contributed by atoms with Gasteiger partial charge in [0.05, 0.1) is 25.7 Å². The van der Waals surface area contributed by atoms with Crippen LogP contribution >= 0.6 is 46.4 Å². The van der Waals surface area contributed by atoms with Crippen molar-refractivity contribution in [3.63, 3.8) is 0 Å². The second-order valence-corrected chi connectivity index (χ2v) is 12.6. The fourth-order valence-electron chi connectivity index (χ4n) is 3.74. The number of hydrogen-bond acceptors (Lipinski definition) is 4. The zero-order chi connectivity index (χ0) is 28.9. The molecule has 3 aromatic rings. The SMILES string of the molecule is CC(C)NC(=O)[C@H](C)N(Cc1ccc(Cl)c(Cl)c1)C(=O)CN(c1ccc(Cl)cc1Cl)S(=O)(=O)c1ccccc1. The summed E-state index contributed by atoms with van der Waals surface area (Å²) in [6.07, 6.45) is 0. The molecule has 12 heteroatoms. The summed E-state index contributed by atoms with van der Waals surface area (Å²) >= 11 is 24.7. The van der Waals surface area contributed by atoms with Crippen LogP contribution in [-0.4, -0.2) is 43.8 Å². The van der Waals surface area contributed by atoms with Crippen molar-refractivity contribution in [2.75, 3.05) is 10.8 Å². The number of halogens is 4. The third-order valence-corrected chi connectivity index (χ3v) is 8.77. The summed E-state index contributed by atoms with van der Waals surface area (Å²) < 4.78 is 28.5. The lowest BCUT2D eigenvalue weighted by Gasteiger charge is -2.32. The van der Waals surface area contributed by atoms with E-state index in [1.165, 1.54) is 35.2 Å². The van der Waals surface area contributed by atoms with E-state index in [0.717, 1.165) is 4.31 Å². The Balaban J connectivity index is 2.07. The molecule has 0 aliphatic carbocycles. The Hall–Kier alpha value is -2.49. The number of carbonyl (C=O) groups is 2. The van der Waals surface area contributed by atoms with Gasteiger partial charge in [-0.05, 0) is 68.8 Å². The van der Waals surface area contributed by atoms with E-state index in [0.29, 0.717) is 15.6 Å². The summed E-state index contributed by atoms with van der Waals surface area (Å²) in [5.41, 5.74) is 0.663. The minimum atomic E-state index is -4.25. The van der Waals surface area contributed by atoms with Crippen LogP contribution in [0.3, 0.4) is 0 Å². The Bertz CT molecular complexity index is 1450. The Labute approximate surface area is 248 Å². The highest BCUT2D eigenvalue weighted by Gasteiger charge is 2.33. The molecule has 0 saturated heterocycles. The number of amides is 2. The lowest BCUT2D eigenvalue weighted by molar-refractivity contribution is -0.139. The van der Waals surface area contributed by atoms with Crippen molar-refractivity contribution in [3.05, 3.63) is 92.4 Å². The number of carbonyl (C=O) groups excluding carboxylic acids is 2. The first-order chi connectivity index (χ1) is 18.3. The van der Waals surface area contributed by atoms with Crippen LogP contribution in [0.25, 0.3) is 0 Å². The Morgan fingerprint density at radius 1 is 0.846 bits per heavy atom. The molecule has 39 heavy (non-hydrogen) atoms. The van der Waals surface area contributed by atoms with Crippen molar-refractivity contribution >= 4 is 73.9 Å². The molecule has 0 heterocycles. The third-order valence-electron chi connectivity index (χ3n) is 5.72. The average molecular weight is 631 g/mol. The van der Waals surface area contributed by atoms with Gasteiger partial charge in [0, 0.05) is 17.6 Å². The van der Waals surface area contributed by atoms with Gasteiger partial charge in [-0.25, -0.2) is 8.42 Å². The molecule has 0 aromatic heterocycles. The minimum absolute atomic E-state index is 0.0318. The number of nitrogens with zero attached hydrogens (tertiary/aromatic N) is 2. The van der Waals surface area contributed by atoms with Crippen LogP contribution < -0.4 is 9.62 Å². The largest absolute Gasteiger partial charge is 0.352 e. The molecule has 0 aliphatic heterocycles. The number of benzene rings is 3. The maximum Gasteiger partial charge on any atom is 0.264 e. The van der Waals surface area contributed by atoms with Crippen molar-refractivity contribution in [2.45, 2.75) is 44.3 Å². The Morgan fingerprint density at radius 2 is 1.51 bits per heavy atom. The van der Waals surface area contributed by atoms with Crippen molar-refractivity contribution in [1.29, 1.82) is 0 Å². The zero-order valence-electron chi connectivity index (χ0n) is 21.4. The topological polar surface area (TPSA) is 86.8 Å². The molecule has 0 aliphatic rings. The molecule has 1 atom stereocenters. The molecule has 7 nitrogen and oxygen atoms in total. The van der Waals surface area contributed by atoms with Gasteiger partial charge < -0.3 is 10.2 Å². The van der Waals surface area contributed by atoms with Gasteiger partial charge >= 0.3 is 0 Å². The van der Waals surface area contributed by atoms with Crippen molar-refractivity contribution in [1.82, 2.24) is 10.2 Å². The van der Waals surface area contributed by atoms with Gasteiger partial charge in [-0.15, -0.1) is 0 Å². The van der Waals surface area contributed by atoms with Gasteiger partial charge in [0.25, 0.3) is 10.0 Å². The van der Waals surface area contributed by atoms with E-state index >= 15 is 0 Å². The van der Waals surface area contributed by atoms with E-state index in [1.54, 1.807) is 57.2 Å². The molecular weight excluding hydrogens is 604 g/mol. The van der Waals surface area contributed by atoms with Gasteiger partial charge in [0.15, 0.2) is 0 Å². The maximum absolute atomic E-state index is 13.9. The lowest BCUT2D eigenvalue weighted by atomic mass is 10.1. The number of sulfonamides is 1. The number of nitrogens with one attached hydrogen (secondary N) is 1. The fourth-order valence-corrected chi connectivity index (χ4v) is 6.07. The maximum atomic E-state index is 13.9. The highest BCUT2D eigenvalue weighted by molar-refractivity contribution is 7.92. The summed E-state index contributed by atoms with van der Waals surface area (Å²) in [6.45, 7) is 4.49. The predicted molar refractivity (Wildman–Crippen MR) is 157 cm³/mol. The van der Waals surface area contributed by atoms with E-state index in [-0.39, 0.29) is 33.2 Å². The van der Waals surface area contributed by atoms with Gasteiger partial charge in [-0.2, -0.15) is 0 Å². The highest BCUT2D eigenvalue weighted by atomic mass is 35.5. The smallest absolute Gasteiger partial charge is 0.264 e. The Morgan fingerprint density at radius 3 is 2.10 bits per heavy atom. The van der Waals surface area contributed by atoms with Crippen LogP contribution in [-0.2, 0) is 26.2 Å². The second-order valence-electron chi connectivity index (χ2n) is 9.03. The number of rotatable bonds is 10. The minimum Gasteiger partial charge on any atom is -0.352 e. The van der Waals surface area contributed by atoms with Gasteiger partial charge in [0.1, 0.15) is 12.6 Å². The van der Waals surface area contributed by atoms with Gasteiger partial charge in [-0.1, -0.05) is 70.7 Å². The van der Waals surface area contributed by atoms with Gasteiger partial charge in [0.2, 0.25) is 11.8 Å². The van der Waals surface area contributed by atoms with E-state index in [9.17, 15) is 18.0 Å². The quantitative estimate of drug-likeness (QED) is 0.279. The molecule has 208 valence electrons. The van der Waals surface area contributed by atoms with Gasteiger partial charge in [-0.3, -0.25) is 13.9 Å². The van der Waals surface area contributed by atoms with Crippen LogP contribution in [0.2, 0.25) is 20.1 Å². The fraction of sp³-hybridized carbons (Fsp3) is 0.259. The zero-order valence-corrected chi connectivity index (χ0v) is 25.2. The van der Waals surface area contributed by atoms with Crippen molar-refractivity contribution in [2.24, 2.45) is 0 Å². The van der Waals surface area contributed by atoms with E-state index in [2.05, 4.69) is 5.32 Å². The predicted octanol–water partition coefficient (Wildman–Crippen LogP) is 6.44. The average Bonchev–Trinajstić information content (AvgIpc) is 2.87. The van der Waals surface area contributed by atoms with Crippen LogP contribution in [0.4, 0.5) is 5.69 Å². The molecule has 0 spiro atoms. The molecule has 3 rings (SSSR count). The molecule has 1 N–H and O–H groups in total. The number of hydrogen-bond donors (Lipinski definition) is 1. The molecule has 0 saturated carbocycles. The molecular formula is C27H27Cl4N3O4S. The monoisotopic (exact) mass is 629 g/mol. The molecule has 0 fully saturated rings. The van der Waals surface area contributed by atoms with Crippen LogP contribution in [0.1, 0.15) is 26.3 Å².